The molecule has 2 aromatic carbocycles. The van der Waals surface area contributed by atoms with Gasteiger partial charge in [0.05, 0.1) is 17.1 Å². The van der Waals surface area contributed by atoms with E-state index in [4.69, 9.17) is 0 Å². The van der Waals surface area contributed by atoms with Crippen LogP contribution in [-0.4, -0.2) is 11.6 Å². The van der Waals surface area contributed by atoms with E-state index in [0.29, 0.717) is 11.1 Å². The third-order valence-electron chi connectivity index (χ3n) is 5.48. The van der Waals surface area contributed by atoms with Gasteiger partial charge in [-0.3, -0.25) is 9.36 Å². The Morgan fingerprint density at radius 3 is 2.82 bits per heavy atom. The van der Waals surface area contributed by atoms with Crippen molar-refractivity contribution in [1.29, 1.82) is 0 Å². The average Bonchev–Trinajstić information content (AvgIpc) is 3.46. The maximum Gasteiger partial charge on any atom is 0.271 e. The molecule has 0 N–H and O–H groups in total. The van der Waals surface area contributed by atoms with Gasteiger partial charge >= 0.3 is 0 Å². The fourth-order valence-electron chi connectivity index (χ4n) is 3.77. The first-order valence-corrected chi connectivity index (χ1v) is 13.6. The summed E-state index contributed by atoms with van der Waals surface area (Å²) in [6, 6.07) is 12.9. The first-order chi connectivity index (χ1) is 16.0. The van der Waals surface area contributed by atoms with E-state index in [1.165, 1.54) is 40.8 Å². The second-order valence-electron chi connectivity index (χ2n) is 7.50. The van der Waals surface area contributed by atoms with Crippen molar-refractivity contribution < 1.29 is 8.96 Å². The largest absolute Gasteiger partial charge is 0.337 e. The maximum atomic E-state index is 13.7. The summed E-state index contributed by atoms with van der Waals surface area (Å²) in [6.07, 6.45) is 4.16. The lowest BCUT2D eigenvalue weighted by molar-refractivity contribution is -0.685. The molecule has 4 nitrogen and oxygen atoms in total. The molecule has 0 spiro atoms. The molecular weight excluding hydrogens is 541 g/mol. The number of anilines is 1. The Morgan fingerprint density at radius 1 is 1.21 bits per heavy atom. The molecule has 0 saturated carbocycles. The quantitative estimate of drug-likeness (QED) is 0.347. The summed E-state index contributed by atoms with van der Waals surface area (Å²) in [6.45, 7) is 3.31. The minimum absolute atomic E-state index is 0.00899. The molecule has 0 unspecified atom stereocenters. The number of halogens is 2. The summed E-state index contributed by atoms with van der Waals surface area (Å²) in [5, 5.41) is 3.98. The molecule has 1 aliphatic heterocycles. The molecule has 0 fully saturated rings. The molecule has 9 heteroatoms. The molecule has 168 valence electrons. The molecule has 0 amide bonds. The summed E-state index contributed by atoms with van der Waals surface area (Å²) >= 11 is 8.22. The molecule has 4 aromatic rings. The third kappa shape index (κ3) is 4.23. The van der Waals surface area contributed by atoms with Gasteiger partial charge in [-0.15, -0.1) is 11.3 Å². The van der Waals surface area contributed by atoms with Gasteiger partial charge in [0, 0.05) is 28.5 Å². The van der Waals surface area contributed by atoms with E-state index >= 15 is 0 Å². The zero-order valence-electron chi connectivity index (χ0n) is 17.9. The van der Waals surface area contributed by atoms with Crippen LogP contribution < -0.4 is 24.2 Å². The predicted molar refractivity (Wildman–Crippen MR) is 139 cm³/mol. The Kier molecular flexibility index (Phi) is 6.30. The zero-order valence-corrected chi connectivity index (χ0v) is 22.0. The maximum absolute atomic E-state index is 13.7. The van der Waals surface area contributed by atoms with Crippen molar-refractivity contribution in [3.8, 4) is 0 Å². The Labute approximate surface area is 211 Å². The van der Waals surface area contributed by atoms with E-state index in [1.807, 2.05) is 41.6 Å². The number of nitrogens with zero attached hydrogens (tertiary/aromatic N) is 3. The summed E-state index contributed by atoms with van der Waals surface area (Å²) in [4.78, 5) is 16.1. The number of thiazole rings is 2. The molecule has 0 aliphatic carbocycles. The number of fused-ring (bicyclic) bond motifs is 1. The van der Waals surface area contributed by atoms with Gasteiger partial charge in [-0.2, -0.15) is 4.57 Å². The summed E-state index contributed by atoms with van der Waals surface area (Å²) in [5.41, 5.74) is 2.10. The van der Waals surface area contributed by atoms with E-state index in [9.17, 15) is 9.18 Å². The van der Waals surface area contributed by atoms with Crippen LogP contribution in [0.5, 0.6) is 0 Å². The van der Waals surface area contributed by atoms with Crippen molar-refractivity contribution in [2.45, 2.75) is 24.9 Å². The van der Waals surface area contributed by atoms with Crippen LogP contribution in [0.2, 0.25) is 0 Å². The number of hydrogen-bond donors (Lipinski definition) is 0. The van der Waals surface area contributed by atoms with Crippen molar-refractivity contribution in [2.24, 2.45) is 0 Å². The van der Waals surface area contributed by atoms with Gasteiger partial charge in [-0.05, 0) is 31.2 Å². The van der Waals surface area contributed by atoms with E-state index in [2.05, 4.69) is 44.2 Å². The van der Waals surface area contributed by atoms with Crippen LogP contribution in [0.3, 0.4) is 0 Å². The molecule has 5 rings (SSSR count). The summed E-state index contributed by atoms with van der Waals surface area (Å²) < 4.78 is 20.4. The van der Waals surface area contributed by atoms with Crippen LogP contribution in [-0.2, 0) is 13.1 Å². The lowest BCUT2D eigenvalue weighted by atomic mass is 10.2. The molecule has 0 atom stereocenters. The van der Waals surface area contributed by atoms with E-state index in [-0.39, 0.29) is 11.4 Å². The molecule has 2 aromatic heterocycles. The van der Waals surface area contributed by atoms with Crippen LogP contribution in [0.1, 0.15) is 17.5 Å². The average molecular weight is 562 g/mol. The monoisotopic (exact) mass is 560 g/mol. The third-order valence-corrected chi connectivity index (χ3v) is 9.57. The van der Waals surface area contributed by atoms with E-state index in [1.54, 1.807) is 17.4 Å². The summed E-state index contributed by atoms with van der Waals surface area (Å²) in [5.74, 6) is -0.269. The van der Waals surface area contributed by atoms with Crippen LogP contribution >= 0.6 is 50.4 Å². The predicted octanol–water partition coefficient (Wildman–Crippen LogP) is 4.37. The topological polar surface area (TPSA) is 29.1 Å². The molecule has 33 heavy (non-hydrogen) atoms. The Bertz CT molecular complexity index is 1540. The number of thioether (sulfide) groups is 1. The van der Waals surface area contributed by atoms with E-state index in [0.717, 1.165) is 36.3 Å². The van der Waals surface area contributed by atoms with Gasteiger partial charge in [0.2, 0.25) is 0 Å². The van der Waals surface area contributed by atoms with Crippen molar-refractivity contribution in [3.05, 3.63) is 94.5 Å². The van der Waals surface area contributed by atoms with Crippen molar-refractivity contribution in [1.82, 2.24) is 4.57 Å². The highest BCUT2D eigenvalue weighted by atomic mass is 79.9. The highest BCUT2D eigenvalue weighted by molar-refractivity contribution is 9.10. The van der Waals surface area contributed by atoms with Crippen molar-refractivity contribution >= 4 is 67.2 Å². The van der Waals surface area contributed by atoms with Gasteiger partial charge in [0.25, 0.3) is 10.6 Å². The first-order valence-electron chi connectivity index (χ1n) is 10.3. The standard InChI is InChI=1S/C24H20BrFN3OS3/c1-3-29-21(13-20-28(10-11-31-20)14-15-6-4-5-7-17(15)25)33-22(23(29)30)24-27(2)18-9-8-16(26)12-19(18)32-24/h4-13H,3,14H2,1-2H3/q+1/b24-22+. The Hall–Kier alpha value is -2.20. The minimum atomic E-state index is -0.269. The van der Waals surface area contributed by atoms with Gasteiger partial charge in [-0.1, -0.05) is 57.2 Å². The molecule has 0 bridgehead atoms. The molecule has 3 heterocycles. The Morgan fingerprint density at radius 2 is 2.03 bits per heavy atom. The van der Waals surface area contributed by atoms with Gasteiger partial charge < -0.3 is 4.90 Å². The second kappa shape index (κ2) is 9.21. The number of rotatable bonds is 4. The highest BCUT2D eigenvalue weighted by Gasteiger charge is 2.25. The normalized spacial score (nSPS) is 15.4. The second-order valence-corrected chi connectivity index (χ2v) is 11.3. The fourth-order valence-corrected chi connectivity index (χ4v) is 7.52. The van der Waals surface area contributed by atoms with Gasteiger partial charge in [0.1, 0.15) is 20.0 Å². The lowest BCUT2D eigenvalue weighted by Gasteiger charge is -2.12. The van der Waals surface area contributed by atoms with Crippen molar-refractivity contribution in [2.75, 3.05) is 11.9 Å². The van der Waals surface area contributed by atoms with Crippen LogP contribution in [0.25, 0.3) is 11.1 Å². The molecule has 0 radical (unpaired) electrons. The van der Waals surface area contributed by atoms with Crippen LogP contribution in [0.15, 0.2) is 68.2 Å². The lowest BCUT2D eigenvalue weighted by Crippen LogP contribution is -2.36. The molecule has 1 aliphatic rings. The number of benzene rings is 2. The van der Waals surface area contributed by atoms with Crippen molar-refractivity contribution in [3.63, 3.8) is 0 Å². The fraction of sp³-hybridized carbons (Fsp3) is 0.167. The molecule has 0 saturated heterocycles. The zero-order chi connectivity index (χ0) is 23.1. The van der Waals surface area contributed by atoms with Gasteiger partial charge in [0.15, 0.2) is 12.7 Å². The van der Waals surface area contributed by atoms with Gasteiger partial charge in [-0.25, -0.2) is 4.39 Å². The number of hydrogen-bond acceptors (Lipinski definition) is 5. The first kappa shape index (κ1) is 22.6. The number of aromatic nitrogens is 2. The SMILES string of the molecule is CCn1c(=O)/c(=C2\Sc3cc(F)ccc3N2C)s/c1=C\c1scc[n+]1Cc1ccccc1Br. The highest BCUT2D eigenvalue weighted by Crippen LogP contribution is 2.45. The minimum Gasteiger partial charge on any atom is -0.337 e. The van der Waals surface area contributed by atoms with E-state index < -0.39 is 0 Å². The smallest absolute Gasteiger partial charge is 0.271 e. The molecular formula is C24H20BrFN3OS3+. The summed E-state index contributed by atoms with van der Waals surface area (Å²) in [7, 11) is 1.93. The van der Waals surface area contributed by atoms with Crippen LogP contribution in [0.4, 0.5) is 10.1 Å². The Balaban J connectivity index is 1.61. The van der Waals surface area contributed by atoms with Crippen LogP contribution in [0, 0.1) is 5.82 Å².